The number of likely N-dealkylation sites (N-methyl/N-ethyl adjacent to an activating group) is 1. The first-order valence-corrected chi connectivity index (χ1v) is 8.12. The van der Waals surface area contributed by atoms with Gasteiger partial charge in [-0.15, -0.1) is 0 Å². The molecule has 0 bridgehead atoms. The second kappa shape index (κ2) is 6.18. The third-order valence-corrected chi connectivity index (χ3v) is 4.70. The van der Waals surface area contributed by atoms with Gasteiger partial charge in [0.2, 0.25) is 0 Å². The van der Waals surface area contributed by atoms with E-state index in [4.69, 9.17) is 8.94 Å². The number of aryl methyl sites for hydroxylation is 3. The molecule has 0 aromatic carbocycles. The van der Waals surface area contributed by atoms with Crippen molar-refractivity contribution < 1.29 is 13.7 Å². The number of carbonyl (C=O) groups excluding carboxylic acids is 1. The first-order valence-electron chi connectivity index (χ1n) is 8.12. The summed E-state index contributed by atoms with van der Waals surface area (Å²) in [7, 11) is 1.79. The Labute approximate surface area is 135 Å². The zero-order valence-electron chi connectivity index (χ0n) is 14.2. The van der Waals surface area contributed by atoms with Crippen molar-refractivity contribution in [3.05, 3.63) is 34.4 Å². The van der Waals surface area contributed by atoms with E-state index in [1.807, 2.05) is 20.8 Å². The second-order valence-corrected chi connectivity index (χ2v) is 6.36. The van der Waals surface area contributed by atoms with Crippen LogP contribution in [0.25, 0.3) is 0 Å². The molecule has 2 aromatic rings. The molecule has 3 rings (SSSR count). The van der Waals surface area contributed by atoms with E-state index in [1.54, 1.807) is 11.9 Å². The summed E-state index contributed by atoms with van der Waals surface area (Å²) in [6, 6.07) is 0. The lowest BCUT2D eigenvalue weighted by atomic mass is 9.85. The molecular weight excluding hydrogens is 294 g/mol. The van der Waals surface area contributed by atoms with Gasteiger partial charge in [-0.05, 0) is 40.0 Å². The molecule has 6 heteroatoms. The predicted molar refractivity (Wildman–Crippen MR) is 84.5 cm³/mol. The zero-order valence-corrected chi connectivity index (χ0v) is 14.2. The van der Waals surface area contributed by atoms with E-state index < -0.39 is 0 Å². The molecule has 1 amide bonds. The summed E-state index contributed by atoms with van der Waals surface area (Å²) in [5.41, 5.74) is 2.39. The lowest BCUT2D eigenvalue weighted by molar-refractivity contribution is 0.0789. The van der Waals surface area contributed by atoms with Crippen molar-refractivity contribution in [2.75, 3.05) is 13.6 Å². The summed E-state index contributed by atoms with van der Waals surface area (Å²) in [5.74, 6) is 2.44. The van der Waals surface area contributed by atoms with E-state index in [-0.39, 0.29) is 5.91 Å². The maximum atomic E-state index is 12.6. The monoisotopic (exact) mass is 317 g/mol. The minimum absolute atomic E-state index is 0.0939. The quantitative estimate of drug-likeness (QED) is 0.847. The Bertz CT molecular complexity index is 693. The Kier molecular flexibility index (Phi) is 4.24. The van der Waals surface area contributed by atoms with E-state index in [1.165, 1.54) is 6.42 Å². The fraction of sp³-hybridized carbons (Fsp3) is 0.588. The average Bonchev–Trinajstić information content (AvgIpc) is 2.97. The van der Waals surface area contributed by atoms with Crippen LogP contribution in [0, 0.1) is 20.8 Å². The van der Waals surface area contributed by atoms with Crippen LogP contribution < -0.4 is 0 Å². The highest BCUT2D eigenvalue weighted by atomic mass is 16.5. The molecule has 0 atom stereocenters. The van der Waals surface area contributed by atoms with Crippen molar-refractivity contribution in [1.82, 2.24) is 15.0 Å². The number of oxazole rings is 1. The normalized spacial score (nSPS) is 14.8. The van der Waals surface area contributed by atoms with Crippen LogP contribution in [0.2, 0.25) is 0 Å². The van der Waals surface area contributed by atoms with E-state index in [2.05, 4.69) is 10.1 Å². The number of nitrogens with zero attached hydrogens (tertiary/aromatic N) is 3. The Hall–Kier alpha value is -2.11. The maximum absolute atomic E-state index is 12.6. The second-order valence-electron chi connectivity index (χ2n) is 6.36. The number of carbonyl (C=O) groups is 1. The average molecular weight is 317 g/mol. The van der Waals surface area contributed by atoms with E-state index >= 15 is 0 Å². The minimum Gasteiger partial charge on any atom is -0.445 e. The van der Waals surface area contributed by atoms with Gasteiger partial charge < -0.3 is 13.8 Å². The molecule has 0 radical (unpaired) electrons. The number of hydrogen-bond donors (Lipinski definition) is 0. The molecular formula is C17H23N3O3. The van der Waals surface area contributed by atoms with Crippen molar-refractivity contribution in [2.45, 2.75) is 52.4 Å². The van der Waals surface area contributed by atoms with Gasteiger partial charge >= 0.3 is 0 Å². The van der Waals surface area contributed by atoms with Crippen LogP contribution >= 0.6 is 0 Å². The predicted octanol–water partition coefficient (Wildman–Crippen LogP) is 3.17. The van der Waals surface area contributed by atoms with Gasteiger partial charge in [-0.25, -0.2) is 4.98 Å². The Morgan fingerprint density at radius 3 is 2.57 bits per heavy atom. The van der Waals surface area contributed by atoms with Gasteiger partial charge in [0.05, 0.1) is 5.69 Å². The molecule has 0 aliphatic heterocycles. The van der Waals surface area contributed by atoms with E-state index in [0.29, 0.717) is 23.9 Å². The highest BCUT2D eigenvalue weighted by molar-refractivity contribution is 5.93. The van der Waals surface area contributed by atoms with Crippen molar-refractivity contribution in [3.8, 4) is 0 Å². The first-order chi connectivity index (χ1) is 11.0. The SMILES string of the molecule is Cc1noc(C)c1CCN(C)C(=O)c1nc(C2CCC2)oc1C. The van der Waals surface area contributed by atoms with Crippen LogP contribution in [-0.2, 0) is 6.42 Å². The van der Waals surface area contributed by atoms with Gasteiger partial charge in [-0.3, -0.25) is 4.79 Å². The van der Waals surface area contributed by atoms with Crippen molar-refractivity contribution >= 4 is 5.91 Å². The number of rotatable bonds is 5. The van der Waals surface area contributed by atoms with Crippen molar-refractivity contribution in [1.29, 1.82) is 0 Å². The van der Waals surface area contributed by atoms with Crippen LogP contribution in [0.3, 0.4) is 0 Å². The summed E-state index contributed by atoms with van der Waals surface area (Å²) in [5, 5.41) is 3.94. The van der Waals surface area contributed by atoms with Crippen LogP contribution in [0.5, 0.6) is 0 Å². The van der Waals surface area contributed by atoms with Crippen molar-refractivity contribution in [3.63, 3.8) is 0 Å². The first kappa shape index (κ1) is 15.8. The Morgan fingerprint density at radius 2 is 2.00 bits per heavy atom. The molecule has 6 nitrogen and oxygen atoms in total. The Morgan fingerprint density at radius 1 is 1.26 bits per heavy atom. The molecule has 2 heterocycles. The topological polar surface area (TPSA) is 72.4 Å². The molecule has 1 aliphatic carbocycles. The number of hydrogen-bond acceptors (Lipinski definition) is 5. The smallest absolute Gasteiger partial charge is 0.275 e. The number of amides is 1. The largest absolute Gasteiger partial charge is 0.445 e. The summed E-state index contributed by atoms with van der Waals surface area (Å²) in [6.45, 7) is 6.21. The zero-order chi connectivity index (χ0) is 16.6. The molecule has 1 aliphatic rings. The molecule has 0 spiro atoms. The fourth-order valence-electron chi connectivity index (χ4n) is 2.87. The van der Waals surface area contributed by atoms with Crippen molar-refractivity contribution in [2.24, 2.45) is 0 Å². The fourth-order valence-corrected chi connectivity index (χ4v) is 2.87. The lowest BCUT2D eigenvalue weighted by Crippen LogP contribution is -2.29. The molecule has 1 fully saturated rings. The van der Waals surface area contributed by atoms with Gasteiger partial charge in [0.25, 0.3) is 5.91 Å². The standard InChI is InChI=1S/C17H23N3O3/c1-10-14(11(2)23-19-10)8-9-20(4)17(21)15-12(3)22-16(18-15)13-6-5-7-13/h13H,5-9H2,1-4H3. The number of aromatic nitrogens is 2. The molecule has 1 saturated carbocycles. The molecule has 0 unspecified atom stereocenters. The van der Waals surface area contributed by atoms with Crippen LogP contribution in [0.1, 0.15) is 64.3 Å². The minimum atomic E-state index is -0.0939. The van der Waals surface area contributed by atoms with Crippen LogP contribution in [-0.4, -0.2) is 34.5 Å². The third-order valence-electron chi connectivity index (χ3n) is 4.70. The molecule has 23 heavy (non-hydrogen) atoms. The van der Waals surface area contributed by atoms with Gasteiger partial charge in [0.1, 0.15) is 11.5 Å². The van der Waals surface area contributed by atoms with Crippen LogP contribution in [0.15, 0.2) is 8.94 Å². The third kappa shape index (κ3) is 3.02. The van der Waals surface area contributed by atoms with Gasteiger partial charge in [0.15, 0.2) is 11.6 Å². The highest BCUT2D eigenvalue weighted by Gasteiger charge is 2.28. The maximum Gasteiger partial charge on any atom is 0.275 e. The van der Waals surface area contributed by atoms with Gasteiger partial charge in [-0.2, -0.15) is 0 Å². The molecule has 0 N–H and O–H groups in total. The Balaban J connectivity index is 1.66. The molecule has 0 saturated heterocycles. The van der Waals surface area contributed by atoms with Gasteiger partial charge in [-0.1, -0.05) is 11.6 Å². The molecule has 2 aromatic heterocycles. The lowest BCUT2D eigenvalue weighted by Gasteiger charge is -2.21. The summed E-state index contributed by atoms with van der Waals surface area (Å²) in [6.07, 6.45) is 4.15. The van der Waals surface area contributed by atoms with Crippen LogP contribution in [0.4, 0.5) is 0 Å². The summed E-state index contributed by atoms with van der Waals surface area (Å²) >= 11 is 0. The summed E-state index contributed by atoms with van der Waals surface area (Å²) in [4.78, 5) is 18.7. The summed E-state index contributed by atoms with van der Waals surface area (Å²) < 4.78 is 10.9. The van der Waals surface area contributed by atoms with Gasteiger partial charge in [0, 0.05) is 25.1 Å². The highest BCUT2D eigenvalue weighted by Crippen LogP contribution is 2.36. The van der Waals surface area contributed by atoms with E-state index in [9.17, 15) is 4.79 Å². The van der Waals surface area contributed by atoms with E-state index in [0.717, 1.165) is 42.2 Å². The molecule has 124 valence electrons.